The summed E-state index contributed by atoms with van der Waals surface area (Å²) in [4.78, 5) is 13.5. The van der Waals surface area contributed by atoms with Crippen molar-refractivity contribution in [3.05, 3.63) is 83.8 Å². The zero-order valence-electron chi connectivity index (χ0n) is 14.6. The first kappa shape index (κ1) is 18.1. The summed E-state index contributed by atoms with van der Waals surface area (Å²) in [6.45, 7) is 3.03. The van der Waals surface area contributed by atoms with Crippen LogP contribution in [0.5, 0.6) is 5.75 Å². The number of carbonyl (C=O) groups excluding carboxylic acids is 1. The van der Waals surface area contributed by atoms with Crippen LogP contribution < -0.4 is 10.1 Å². The van der Waals surface area contributed by atoms with Gasteiger partial charge in [-0.25, -0.2) is 0 Å². The van der Waals surface area contributed by atoms with Gasteiger partial charge < -0.3 is 14.5 Å². The second kappa shape index (κ2) is 9.15. The fourth-order valence-corrected chi connectivity index (χ4v) is 3.29. The highest BCUT2D eigenvalue weighted by Gasteiger charge is 2.07. The molecule has 0 aliphatic rings. The van der Waals surface area contributed by atoms with E-state index in [1.54, 1.807) is 24.1 Å². The normalized spacial score (nSPS) is 10.5. The maximum atomic E-state index is 12.3. The smallest absolute Gasteiger partial charge is 0.251 e. The number of rotatable bonds is 8. The average molecular weight is 367 g/mol. The first-order chi connectivity index (χ1) is 12.7. The summed E-state index contributed by atoms with van der Waals surface area (Å²) >= 11 is 1.73. The van der Waals surface area contributed by atoms with Crippen LogP contribution in [0.15, 0.2) is 76.2 Å². The Hall–Kier alpha value is -2.66. The van der Waals surface area contributed by atoms with Gasteiger partial charge in [0.05, 0.1) is 19.4 Å². The van der Waals surface area contributed by atoms with Gasteiger partial charge in [-0.2, -0.15) is 0 Å². The minimum atomic E-state index is -0.102. The Morgan fingerprint density at radius 2 is 1.96 bits per heavy atom. The number of benzene rings is 2. The number of carbonyl (C=O) groups is 1. The van der Waals surface area contributed by atoms with Crippen molar-refractivity contribution in [3.63, 3.8) is 0 Å². The number of hydrogen-bond donors (Lipinski definition) is 1. The molecule has 1 heterocycles. The van der Waals surface area contributed by atoms with Gasteiger partial charge in [0.15, 0.2) is 0 Å². The monoisotopic (exact) mass is 367 g/mol. The van der Waals surface area contributed by atoms with Gasteiger partial charge in [-0.3, -0.25) is 4.79 Å². The number of amides is 1. The van der Waals surface area contributed by atoms with Gasteiger partial charge in [-0.1, -0.05) is 12.1 Å². The van der Waals surface area contributed by atoms with E-state index in [4.69, 9.17) is 9.15 Å². The lowest BCUT2D eigenvalue weighted by Crippen LogP contribution is -2.22. The molecule has 0 unspecified atom stereocenters. The van der Waals surface area contributed by atoms with Crippen LogP contribution in [-0.2, 0) is 12.3 Å². The third-order valence-corrected chi connectivity index (χ3v) is 4.82. The Bertz CT molecular complexity index is 829. The lowest BCUT2D eigenvalue weighted by Gasteiger charge is -2.07. The number of thioether (sulfide) groups is 1. The first-order valence-corrected chi connectivity index (χ1v) is 9.48. The highest BCUT2D eigenvalue weighted by Crippen LogP contribution is 2.25. The molecule has 134 valence electrons. The van der Waals surface area contributed by atoms with Gasteiger partial charge in [0.25, 0.3) is 5.91 Å². The van der Waals surface area contributed by atoms with Crippen molar-refractivity contribution >= 4 is 17.7 Å². The highest BCUT2D eigenvalue weighted by atomic mass is 32.2. The van der Waals surface area contributed by atoms with Gasteiger partial charge >= 0.3 is 0 Å². The predicted molar refractivity (Wildman–Crippen MR) is 103 cm³/mol. The maximum Gasteiger partial charge on any atom is 0.251 e. The van der Waals surface area contributed by atoms with Crippen molar-refractivity contribution in [3.8, 4) is 5.75 Å². The quantitative estimate of drug-likeness (QED) is 0.575. The Morgan fingerprint density at radius 3 is 2.69 bits per heavy atom. The van der Waals surface area contributed by atoms with E-state index < -0.39 is 0 Å². The summed E-state index contributed by atoms with van der Waals surface area (Å²) in [5.41, 5.74) is 1.76. The molecule has 2 aromatic carbocycles. The van der Waals surface area contributed by atoms with E-state index in [1.165, 1.54) is 4.90 Å². The van der Waals surface area contributed by atoms with E-state index >= 15 is 0 Å². The molecule has 0 radical (unpaired) electrons. The van der Waals surface area contributed by atoms with Crippen LogP contribution in [0.4, 0.5) is 0 Å². The maximum absolute atomic E-state index is 12.3. The summed E-state index contributed by atoms with van der Waals surface area (Å²) in [5, 5.41) is 2.87. The summed E-state index contributed by atoms with van der Waals surface area (Å²) in [6.07, 6.45) is 1.60. The third-order valence-electron chi connectivity index (χ3n) is 3.73. The zero-order valence-corrected chi connectivity index (χ0v) is 15.4. The van der Waals surface area contributed by atoms with Gasteiger partial charge in [0.2, 0.25) is 0 Å². The molecule has 4 nitrogen and oxygen atoms in total. The van der Waals surface area contributed by atoms with E-state index in [0.717, 1.165) is 22.8 Å². The number of ether oxygens (including phenoxy) is 1. The molecule has 1 amide bonds. The lowest BCUT2D eigenvalue weighted by atomic mass is 10.1. The van der Waals surface area contributed by atoms with Gasteiger partial charge in [0.1, 0.15) is 11.5 Å². The predicted octanol–water partition coefficient (Wildman–Crippen LogP) is 4.90. The number of furan rings is 1. The third kappa shape index (κ3) is 5.17. The number of hydrogen-bond acceptors (Lipinski definition) is 4. The molecule has 1 N–H and O–H groups in total. The van der Waals surface area contributed by atoms with Crippen molar-refractivity contribution in [1.82, 2.24) is 5.32 Å². The molecule has 0 saturated carbocycles. The van der Waals surface area contributed by atoms with Crippen LogP contribution in [0.25, 0.3) is 0 Å². The number of nitrogens with one attached hydrogen (secondary N) is 1. The molecule has 3 aromatic rings. The average Bonchev–Trinajstić information content (AvgIpc) is 3.20. The van der Waals surface area contributed by atoms with Gasteiger partial charge in [-0.15, -0.1) is 11.8 Å². The van der Waals surface area contributed by atoms with Crippen molar-refractivity contribution in [2.24, 2.45) is 0 Å². The Morgan fingerprint density at radius 1 is 1.12 bits per heavy atom. The molecule has 0 saturated heterocycles. The first-order valence-electron chi connectivity index (χ1n) is 8.50. The molecule has 0 bridgehead atoms. The molecule has 3 rings (SSSR count). The van der Waals surface area contributed by atoms with Crippen LogP contribution in [0.1, 0.15) is 28.6 Å². The molecule has 0 aliphatic carbocycles. The summed E-state index contributed by atoms with van der Waals surface area (Å²) in [5.74, 6) is 2.31. The second-order valence-corrected chi connectivity index (χ2v) is 6.70. The van der Waals surface area contributed by atoms with Gasteiger partial charge in [0, 0.05) is 16.2 Å². The minimum absolute atomic E-state index is 0.102. The zero-order chi connectivity index (χ0) is 18.2. The van der Waals surface area contributed by atoms with Crippen LogP contribution in [0, 0.1) is 0 Å². The Labute approximate surface area is 157 Å². The molecule has 26 heavy (non-hydrogen) atoms. The van der Waals surface area contributed by atoms with Crippen molar-refractivity contribution < 1.29 is 13.9 Å². The topological polar surface area (TPSA) is 51.5 Å². The molecular weight excluding hydrogens is 346 g/mol. The fraction of sp³-hybridized carbons (Fsp3) is 0.190. The van der Waals surface area contributed by atoms with Crippen LogP contribution in [-0.4, -0.2) is 12.5 Å². The Balaban J connectivity index is 1.55. The lowest BCUT2D eigenvalue weighted by molar-refractivity contribution is 0.0948. The van der Waals surface area contributed by atoms with E-state index in [0.29, 0.717) is 18.7 Å². The molecule has 0 spiro atoms. The standard InChI is InChI=1S/C21H21NO3S/c1-2-24-18-8-10-20(11-9-18)26-15-16-5-3-6-17(13-16)21(23)22-14-19-7-4-12-25-19/h3-13H,2,14-15H2,1H3,(H,22,23). The van der Waals surface area contributed by atoms with Crippen LogP contribution in [0.3, 0.4) is 0 Å². The summed E-state index contributed by atoms with van der Waals surface area (Å²) in [7, 11) is 0. The second-order valence-electron chi connectivity index (χ2n) is 5.66. The van der Waals surface area contributed by atoms with Crippen molar-refractivity contribution in [1.29, 1.82) is 0 Å². The molecule has 0 fully saturated rings. The van der Waals surface area contributed by atoms with Crippen molar-refractivity contribution in [2.75, 3.05) is 6.61 Å². The SMILES string of the molecule is CCOc1ccc(SCc2cccc(C(=O)NCc3ccco3)c2)cc1. The highest BCUT2D eigenvalue weighted by molar-refractivity contribution is 7.98. The van der Waals surface area contributed by atoms with E-state index in [1.807, 2.05) is 49.4 Å². The fourth-order valence-electron chi connectivity index (χ4n) is 2.45. The van der Waals surface area contributed by atoms with Crippen LogP contribution in [0.2, 0.25) is 0 Å². The summed E-state index contributed by atoms with van der Waals surface area (Å²) in [6, 6.07) is 19.4. The summed E-state index contributed by atoms with van der Waals surface area (Å²) < 4.78 is 10.7. The largest absolute Gasteiger partial charge is 0.494 e. The molecule has 0 aliphatic heterocycles. The van der Waals surface area contributed by atoms with E-state index in [-0.39, 0.29) is 5.91 Å². The van der Waals surface area contributed by atoms with Crippen molar-refractivity contribution in [2.45, 2.75) is 24.1 Å². The molecular formula is C21H21NO3S. The van der Waals surface area contributed by atoms with E-state index in [9.17, 15) is 4.79 Å². The Kier molecular flexibility index (Phi) is 6.39. The molecule has 5 heteroatoms. The van der Waals surface area contributed by atoms with Crippen LogP contribution >= 0.6 is 11.8 Å². The van der Waals surface area contributed by atoms with E-state index in [2.05, 4.69) is 17.4 Å². The minimum Gasteiger partial charge on any atom is -0.494 e. The molecule has 0 atom stereocenters. The molecule has 1 aromatic heterocycles. The van der Waals surface area contributed by atoms with Gasteiger partial charge in [-0.05, 0) is 61.0 Å².